The molecule has 0 radical (unpaired) electrons. The largest absolute Gasteiger partial charge is 0.449 e. The first-order valence-electron chi connectivity index (χ1n) is 10.0. The average molecular weight is 436 g/mol. The minimum absolute atomic E-state index is 0.0283. The number of carbonyl (C=O) groups is 2. The van der Waals surface area contributed by atoms with Gasteiger partial charge in [0, 0.05) is 13.1 Å². The highest BCUT2D eigenvalue weighted by atomic mass is 32.2. The maximum atomic E-state index is 12.6. The molecule has 8 nitrogen and oxygen atoms in total. The summed E-state index contributed by atoms with van der Waals surface area (Å²) in [4.78, 5) is 25.0. The molecule has 0 heterocycles. The maximum Gasteiger partial charge on any atom is 0.338 e. The van der Waals surface area contributed by atoms with E-state index in [1.807, 2.05) is 0 Å². The molecule has 1 atom stereocenters. The van der Waals surface area contributed by atoms with E-state index < -0.39 is 33.5 Å². The summed E-state index contributed by atoms with van der Waals surface area (Å²) in [5.41, 5.74) is -0.897. The maximum absolute atomic E-state index is 12.6. The summed E-state index contributed by atoms with van der Waals surface area (Å²) in [6.07, 6.45) is 2.75. The van der Waals surface area contributed by atoms with Crippen molar-refractivity contribution in [1.82, 2.24) is 9.62 Å². The highest BCUT2D eigenvalue weighted by Gasteiger charge is 2.35. The number of benzene rings is 1. The molecule has 0 aliphatic heterocycles. The van der Waals surface area contributed by atoms with Crippen LogP contribution < -0.4 is 5.32 Å². The zero-order valence-electron chi connectivity index (χ0n) is 17.8. The quantitative estimate of drug-likeness (QED) is 0.658. The molecule has 1 aromatic carbocycles. The highest BCUT2D eigenvalue weighted by molar-refractivity contribution is 7.89. The lowest BCUT2D eigenvalue weighted by atomic mass is 9.83. The molecular formula is C21H29N3O5S. The van der Waals surface area contributed by atoms with Gasteiger partial charge in [-0.3, -0.25) is 4.79 Å². The van der Waals surface area contributed by atoms with Gasteiger partial charge in [-0.25, -0.2) is 13.2 Å². The highest BCUT2D eigenvalue weighted by Crippen LogP contribution is 2.27. The molecule has 1 unspecified atom stereocenters. The van der Waals surface area contributed by atoms with E-state index in [-0.39, 0.29) is 16.5 Å². The van der Waals surface area contributed by atoms with Gasteiger partial charge in [0.05, 0.1) is 16.5 Å². The summed E-state index contributed by atoms with van der Waals surface area (Å²) in [7, 11) is -2.29. The van der Waals surface area contributed by atoms with Crippen LogP contribution in [0.3, 0.4) is 0 Å². The van der Waals surface area contributed by atoms with Crippen LogP contribution in [-0.4, -0.2) is 49.3 Å². The van der Waals surface area contributed by atoms with E-state index in [0.29, 0.717) is 12.8 Å². The predicted octanol–water partition coefficient (Wildman–Crippen LogP) is 2.60. The molecule has 1 aromatic rings. The Morgan fingerprint density at radius 1 is 1.20 bits per heavy atom. The van der Waals surface area contributed by atoms with Gasteiger partial charge >= 0.3 is 5.97 Å². The topological polar surface area (TPSA) is 117 Å². The van der Waals surface area contributed by atoms with Gasteiger partial charge < -0.3 is 10.1 Å². The predicted molar refractivity (Wildman–Crippen MR) is 111 cm³/mol. The smallest absolute Gasteiger partial charge is 0.338 e. The molecule has 1 aliphatic carbocycles. The van der Waals surface area contributed by atoms with Crippen molar-refractivity contribution >= 4 is 21.9 Å². The molecule has 30 heavy (non-hydrogen) atoms. The van der Waals surface area contributed by atoms with Crippen LogP contribution in [0.1, 0.15) is 63.2 Å². The molecule has 0 bridgehead atoms. The fourth-order valence-electron chi connectivity index (χ4n) is 3.27. The van der Waals surface area contributed by atoms with E-state index in [1.165, 1.54) is 42.5 Å². The third-order valence-electron chi connectivity index (χ3n) is 5.41. The van der Waals surface area contributed by atoms with Crippen molar-refractivity contribution in [3.05, 3.63) is 29.8 Å². The van der Waals surface area contributed by atoms with Crippen LogP contribution >= 0.6 is 0 Å². The number of sulfonamides is 1. The molecule has 164 valence electrons. The number of rotatable bonds is 7. The van der Waals surface area contributed by atoms with Gasteiger partial charge in [-0.2, -0.15) is 9.57 Å². The summed E-state index contributed by atoms with van der Waals surface area (Å²) in [6, 6.07) is 7.46. The van der Waals surface area contributed by atoms with Crippen LogP contribution in [0.25, 0.3) is 0 Å². The summed E-state index contributed by atoms with van der Waals surface area (Å²) in [6.45, 7) is 4.92. The molecule has 0 spiro atoms. The number of nitriles is 1. The second-order valence-corrected chi connectivity index (χ2v) is 9.93. The van der Waals surface area contributed by atoms with Gasteiger partial charge in [0.2, 0.25) is 10.0 Å². The van der Waals surface area contributed by atoms with Gasteiger partial charge in [0.1, 0.15) is 5.54 Å². The summed E-state index contributed by atoms with van der Waals surface area (Å²) in [5.74, 6) is -1.35. The number of carbonyl (C=O) groups excluding carboxylic acids is 2. The Bertz CT molecular complexity index is 930. The summed E-state index contributed by atoms with van der Waals surface area (Å²) in [5, 5.41) is 12.2. The van der Waals surface area contributed by atoms with Gasteiger partial charge in [-0.15, -0.1) is 0 Å². The lowest BCUT2D eigenvalue weighted by Gasteiger charge is -2.32. The third-order valence-corrected chi connectivity index (χ3v) is 7.44. The van der Waals surface area contributed by atoms with Gasteiger partial charge in [0.15, 0.2) is 6.10 Å². The van der Waals surface area contributed by atoms with Gasteiger partial charge in [-0.05, 0) is 51.8 Å². The fraction of sp³-hybridized carbons (Fsp3) is 0.571. The van der Waals surface area contributed by atoms with Crippen molar-refractivity contribution in [3.63, 3.8) is 0 Å². The molecule has 1 N–H and O–H groups in total. The van der Waals surface area contributed by atoms with E-state index in [0.717, 1.165) is 19.3 Å². The number of esters is 1. The standard InChI is InChI=1S/C21H29N3O5S/c1-15(2)24(4)30(27,28)18-10-8-9-17(13-18)20(26)29-16(3)19(25)23-21(14-22)11-6-5-7-12-21/h8-10,13,15-16H,5-7,11-12H2,1-4H3,(H,23,25). The number of hydrogen-bond acceptors (Lipinski definition) is 6. The summed E-state index contributed by atoms with van der Waals surface area (Å²) >= 11 is 0. The number of ether oxygens (including phenoxy) is 1. The zero-order chi connectivity index (χ0) is 22.5. The molecular weight excluding hydrogens is 406 g/mol. The van der Waals surface area contributed by atoms with Crippen molar-refractivity contribution in [2.24, 2.45) is 0 Å². The second kappa shape index (κ2) is 9.58. The second-order valence-electron chi connectivity index (χ2n) is 7.93. The van der Waals surface area contributed by atoms with Gasteiger partial charge in [-0.1, -0.05) is 25.3 Å². The number of amides is 1. The minimum Gasteiger partial charge on any atom is -0.449 e. The van der Waals surface area contributed by atoms with Crippen molar-refractivity contribution in [2.75, 3.05) is 7.05 Å². The van der Waals surface area contributed by atoms with E-state index in [2.05, 4.69) is 11.4 Å². The van der Waals surface area contributed by atoms with E-state index in [4.69, 9.17) is 4.74 Å². The van der Waals surface area contributed by atoms with Crippen molar-refractivity contribution in [2.45, 2.75) is 75.5 Å². The SMILES string of the molecule is CC(OC(=O)c1cccc(S(=O)(=O)N(C)C(C)C)c1)C(=O)NC1(C#N)CCCCC1. The molecule has 1 amide bonds. The average Bonchev–Trinajstić information content (AvgIpc) is 2.73. The van der Waals surface area contributed by atoms with Crippen molar-refractivity contribution < 1.29 is 22.7 Å². The Labute approximate surface area is 178 Å². The lowest BCUT2D eigenvalue weighted by molar-refractivity contribution is -0.130. The Morgan fingerprint density at radius 3 is 2.40 bits per heavy atom. The number of nitrogens with zero attached hydrogens (tertiary/aromatic N) is 2. The third kappa shape index (κ3) is 5.37. The van der Waals surface area contributed by atoms with E-state index >= 15 is 0 Å². The first-order chi connectivity index (χ1) is 14.0. The fourth-order valence-corrected chi connectivity index (χ4v) is 4.68. The van der Waals surface area contributed by atoms with Crippen LogP contribution in [0.4, 0.5) is 0 Å². The van der Waals surface area contributed by atoms with Crippen LogP contribution in [0.5, 0.6) is 0 Å². The first-order valence-corrected chi connectivity index (χ1v) is 11.5. The molecule has 9 heteroatoms. The van der Waals surface area contributed by atoms with Crippen LogP contribution in [-0.2, 0) is 19.6 Å². The zero-order valence-corrected chi connectivity index (χ0v) is 18.7. The Kier molecular flexibility index (Phi) is 7.61. The summed E-state index contributed by atoms with van der Waals surface area (Å²) < 4.78 is 31.7. The minimum atomic E-state index is -3.76. The first kappa shape index (κ1) is 23.8. The molecule has 1 fully saturated rings. The number of nitrogens with one attached hydrogen (secondary N) is 1. The molecule has 0 saturated heterocycles. The molecule has 1 saturated carbocycles. The van der Waals surface area contributed by atoms with Crippen LogP contribution in [0.15, 0.2) is 29.2 Å². The van der Waals surface area contributed by atoms with Crippen molar-refractivity contribution in [3.8, 4) is 6.07 Å². The normalized spacial score (nSPS) is 17.2. The Morgan fingerprint density at radius 2 is 1.83 bits per heavy atom. The Balaban J connectivity index is 2.10. The molecule has 0 aromatic heterocycles. The van der Waals surface area contributed by atoms with Crippen molar-refractivity contribution in [1.29, 1.82) is 5.26 Å². The number of hydrogen-bond donors (Lipinski definition) is 1. The van der Waals surface area contributed by atoms with E-state index in [1.54, 1.807) is 13.8 Å². The van der Waals surface area contributed by atoms with E-state index in [9.17, 15) is 23.3 Å². The van der Waals surface area contributed by atoms with Crippen LogP contribution in [0.2, 0.25) is 0 Å². The monoisotopic (exact) mass is 435 g/mol. The molecule has 2 rings (SSSR count). The van der Waals surface area contributed by atoms with Gasteiger partial charge in [0.25, 0.3) is 5.91 Å². The molecule has 1 aliphatic rings. The lowest BCUT2D eigenvalue weighted by Crippen LogP contribution is -2.52. The Hall–Kier alpha value is -2.44. The van der Waals surface area contributed by atoms with Crippen LogP contribution in [0, 0.1) is 11.3 Å².